The minimum absolute atomic E-state index is 0.206. The number of halogens is 1. The molecule has 0 aliphatic heterocycles. The molecule has 0 atom stereocenters. The molecule has 0 radical (unpaired) electrons. The average Bonchev–Trinajstić information content (AvgIpc) is 2.48. The molecule has 5 heteroatoms. The summed E-state index contributed by atoms with van der Waals surface area (Å²) in [7, 11) is 0. The van der Waals surface area contributed by atoms with Crippen molar-refractivity contribution < 1.29 is 4.79 Å². The molecule has 0 bridgehead atoms. The van der Waals surface area contributed by atoms with Crippen LogP contribution in [0.15, 0.2) is 59.5 Å². The normalized spacial score (nSPS) is 10.4. The van der Waals surface area contributed by atoms with Crippen molar-refractivity contribution in [2.24, 2.45) is 0 Å². The Labute approximate surface area is 124 Å². The molecular weight excluding hydrogens is 318 g/mol. The van der Waals surface area contributed by atoms with Gasteiger partial charge < -0.3 is 5.32 Å². The molecule has 3 aromatic rings. The number of carbonyl (C=O) groups excluding carboxylic acids is 1. The van der Waals surface area contributed by atoms with Gasteiger partial charge in [0.25, 0.3) is 5.91 Å². The summed E-state index contributed by atoms with van der Waals surface area (Å²) in [6, 6.07) is 13.1. The minimum Gasteiger partial charge on any atom is -0.321 e. The molecule has 0 saturated carbocycles. The van der Waals surface area contributed by atoms with Crippen LogP contribution >= 0.6 is 15.9 Å². The molecule has 20 heavy (non-hydrogen) atoms. The van der Waals surface area contributed by atoms with E-state index in [1.54, 1.807) is 18.3 Å². The Bertz CT molecular complexity index is 771. The van der Waals surface area contributed by atoms with Gasteiger partial charge in [0.1, 0.15) is 4.60 Å². The zero-order valence-electron chi connectivity index (χ0n) is 10.4. The van der Waals surface area contributed by atoms with Gasteiger partial charge in [0.15, 0.2) is 0 Å². The van der Waals surface area contributed by atoms with E-state index in [-0.39, 0.29) is 5.91 Å². The van der Waals surface area contributed by atoms with E-state index in [2.05, 4.69) is 31.2 Å². The number of fused-ring (bicyclic) bond motifs is 1. The second-order valence-corrected chi connectivity index (χ2v) is 5.05. The van der Waals surface area contributed by atoms with Crippen LogP contribution in [0.1, 0.15) is 10.4 Å². The van der Waals surface area contributed by atoms with Crippen LogP contribution < -0.4 is 5.32 Å². The zero-order valence-corrected chi connectivity index (χ0v) is 12.0. The first-order chi connectivity index (χ1) is 9.72. The summed E-state index contributed by atoms with van der Waals surface area (Å²) >= 11 is 3.24. The minimum atomic E-state index is -0.206. The molecule has 1 aromatic carbocycles. The monoisotopic (exact) mass is 327 g/mol. The number of hydrogen-bond acceptors (Lipinski definition) is 3. The van der Waals surface area contributed by atoms with E-state index in [4.69, 9.17) is 0 Å². The molecule has 1 N–H and O–H groups in total. The number of pyridine rings is 2. The van der Waals surface area contributed by atoms with E-state index < -0.39 is 0 Å². The van der Waals surface area contributed by atoms with Gasteiger partial charge in [-0.05, 0) is 40.2 Å². The first-order valence-corrected chi connectivity index (χ1v) is 6.79. The zero-order chi connectivity index (χ0) is 13.9. The second-order valence-electron chi connectivity index (χ2n) is 4.24. The van der Waals surface area contributed by atoms with Gasteiger partial charge in [0.2, 0.25) is 0 Å². The highest BCUT2D eigenvalue weighted by atomic mass is 79.9. The number of rotatable bonds is 2. The third-order valence-electron chi connectivity index (χ3n) is 2.84. The first-order valence-electron chi connectivity index (χ1n) is 6.00. The fourth-order valence-electron chi connectivity index (χ4n) is 1.85. The largest absolute Gasteiger partial charge is 0.321 e. The molecule has 0 aliphatic carbocycles. The molecule has 1 amide bonds. The maximum atomic E-state index is 12.1. The van der Waals surface area contributed by atoms with Crippen LogP contribution in [0.3, 0.4) is 0 Å². The fraction of sp³-hybridized carbons (Fsp3) is 0. The van der Waals surface area contributed by atoms with Crippen molar-refractivity contribution in [3.05, 3.63) is 65.0 Å². The molecule has 4 nitrogen and oxygen atoms in total. The lowest BCUT2D eigenvalue weighted by Gasteiger charge is -2.06. The van der Waals surface area contributed by atoms with Crippen LogP contribution in [0.2, 0.25) is 0 Å². The van der Waals surface area contributed by atoms with Crippen molar-refractivity contribution >= 4 is 38.4 Å². The molecule has 0 saturated heterocycles. The van der Waals surface area contributed by atoms with Gasteiger partial charge in [-0.3, -0.25) is 9.78 Å². The lowest BCUT2D eigenvalue weighted by atomic mass is 10.2. The molecule has 2 aromatic heterocycles. The Hall–Kier alpha value is -2.27. The third kappa shape index (κ3) is 2.67. The molecular formula is C15H10BrN3O. The average molecular weight is 328 g/mol. The van der Waals surface area contributed by atoms with E-state index in [1.165, 1.54) is 6.20 Å². The fourth-order valence-corrected chi connectivity index (χ4v) is 2.09. The number of anilines is 1. The van der Waals surface area contributed by atoms with Gasteiger partial charge in [0, 0.05) is 11.6 Å². The number of aromatic nitrogens is 2. The third-order valence-corrected chi connectivity index (χ3v) is 3.31. The Balaban J connectivity index is 1.85. The maximum absolute atomic E-state index is 12.1. The molecule has 0 unspecified atom stereocenters. The van der Waals surface area contributed by atoms with Crippen molar-refractivity contribution in [1.29, 1.82) is 0 Å². The summed E-state index contributed by atoms with van der Waals surface area (Å²) in [5, 5.41) is 3.80. The molecule has 0 spiro atoms. The van der Waals surface area contributed by atoms with Crippen molar-refractivity contribution in [3.8, 4) is 0 Å². The van der Waals surface area contributed by atoms with Crippen LogP contribution in [0.5, 0.6) is 0 Å². The number of nitrogens with one attached hydrogen (secondary N) is 1. The Morgan fingerprint density at radius 3 is 2.70 bits per heavy atom. The lowest BCUT2D eigenvalue weighted by Crippen LogP contribution is -2.12. The van der Waals surface area contributed by atoms with Crippen LogP contribution in [0.4, 0.5) is 5.69 Å². The number of amides is 1. The van der Waals surface area contributed by atoms with Crippen LogP contribution in [0.25, 0.3) is 10.9 Å². The highest BCUT2D eigenvalue weighted by molar-refractivity contribution is 9.10. The Morgan fingerprint density at radius 2 is 1.90 bits per heavy atom. The van der Waals surface area contributed by atoms with E-state index in [9.17, 15) is 4.79 Å². The van der Waals surface area contributed by atoms with E-state index in [0.29, 0.717) is 15.9 Å². The van der Waals surface area contributed by atoms with Gasteiger partial charge in [0.05, 0.1) is 23.0 Å². The first kappa shape index (κ1) is 12.7. The van der Waals surface area contributed by atoms with Gasteiger partial charge in [-0.15, -0.1) is 0 Å². The van der Waals surface area contributed by atoms with Gasteiger partial charge >= 0.3 is 0 Å². The molecule has 2 heterocycles. The van der Waals surface area contributed by atoms with Gasteiger partial charge in [-0.2, -0.15) is 0 Å². The maximum Gasteiger partial charge on any atom is 0.257 e. The summed E-state index contributed by atoms with van der Waals surface area (Å²) in [6.07, 6.45) is 3.17. The van der Waals surface area contributed by atoms with Crippen molar-refractivity contribution in [2.75, 3.05) is 5.32 Å². The van der Waals surface area contributed by atoms with Crippen molar-refractivity contribution in [2.45, 2.75) is 0 Å². The van der Waals surface area contributed by atoms with Crippen LogP contribution in [0, 0.1) is 0 Å². The van der Waals surface area contributed by atoms with Crippen molar-refractivity contribution in [1.82, 2.24) is 9.97 Å². The summed E-state index contributed by atoms with van der Waals surface area (Å²) in [5.74, 6) is -0.206. The van der Waals surface area contributed by atoms with Crippen molar-refractivity contribution in [3.63, 3.8) is 0 Å². The topological polar surface area (TPSA) is 54.9 Å². The number of para-hydroxylation sites is 1. The summed E-state index contributed by atoms with van der Waals surface area (Å²) in [4.78, 5) is 20.4. The number of benzene rings is 1. The smallest absolute Gasteiger partial charge is 0.257 e. The number of hydrogen-bond donors (Lipinski definition) is 1. The predicted molar refractivity (Wildman–Crippen MR) is 81.6 cm³/mol. The number of carbonyl (C=O) groups is 1. The summed E-state index contributed by atoms with van der Waals surface area (Å²) in [5.41, 5.74) is 2.06. The lowest BCUT2D eigenvalue weighted by molar-refractivity contribution is 0.102. The molecule has 3 rings (SSSR count). The molecule has 0 aliphatic rings. The van der Waals surface area contributed by atoms with Crippen LogP contribution in [-0.2, 0) is 0 Å². The summed E-state index contributed by atoms with van der Waals surface area (Å²) in [6.45, 7) is 0. The van der Waals surface area contributed by atoms with E-state index in [0.717, 1.165) is 10.9 Å². The predicted octanol–water partition coefficient (Wildman–Crippen LogP) is 3.64. The van der Waals surface area contributed by atoms with Crippen LogP contribution in [-0.4, -0.2) is 15.9 Å². The molecule has 0 fully saturated rings. The quantitative estimate of drug-likeness (QED) is 0.731. The Morgan fingerprint density at radius 1 is 1.05 bits per heavy atom. The standard InChI is InChI=1S/C15H10BrN3O/c16-14-6-5-11(8-18-14)15(20)19-12-7-10-3-1-2-4-13(10)17-9-12/h1-9H,(H,19,20). The highest BCUT2D eigenvalue weighted by Gasteiger charge is 2.07. The van der Waals surface area contributed by atoms with E-state index >= 15 is 0 Å². The summed E-state index contributed by atoms with van der Waals surface area (Å²) < 4.78 is 0.696. The van der Waals surface area contributed by atoms with E-state index in [1.807, 2.05) is 30.3 Å². The molecule has 98 valence electrons. The van der Waals surface area contributed by atoms with Gasteiger partial charge in [-0.25, -0.2) is 4.98 Å². The SMILES string of the molecule is O=C(Nc1cnc2ccccc2c1)c1ccc(Br)nc1. The second kappa shape index (κ2) is 5.38. The Kier molecular flexibility index (Phi) is 3.43. The number of nitrogens with zero attached hydrogens (tertiary/aromatic N) is 2. The van der Waals surface area contributed by atoms with Gasteiger partial charge in [-0.1, -0.05) is 18.2 Å². The highest BCUT2D eigenvalue weighted by Crippen LogP contribution is 2.17.